The standard InChI is InChI=1S/C11H14ClNO2S/c1-7-5-10(15-2)9(6-8(7)12)13-11(14)3-4-16/h5-6,16H,3-4H2,1-2H3,(H,13,14). The van der Waals surface area contributed by atoms with Crippen LogP contribution in [0.2, 0.25) is 5.02 Å². The molecule has 0 unspecified atom stereocenters. The fourth-order valence-electron chi connectivity index (χ4n) is 1.24. The van der Waals surface area contributed by atoms with E-state index in [1.165, 1.54) is 0 Å². The van der Waals surface area contributed by atoms with Crippen LogP contribution in [0.4, 0.5) is 5.69 Å². The molecule has 0 heterocycles. The fourth-order valence-corrected chi connectivity index (χ4v) is 1.60. The van der Waals surface area contributed by atoms with Gasteiger partial charge in [-0.25, -0.2) is 0 Å². The smallest absolute Gasteiger partial charge is 0.225 e. The van der Waals surface area contributed by atoms with E-state index < -0.39 is 0 Å². The molecule has 1 aromatic carbocycles. The molecule has 0 fully saturated rings. The molecule has 0 atom stereocenters. The van der Waals surface area contributed by atoms with E-state index in [1.54, 1.807) is 19.2 Å². The lowest BCUT2D eigenvalue weighted by Gasteiger charge is -2.11. The molecule has 0 bridgehead atoms. The van der Waals surface area contributed by atoms with E-state index in [4.69, 9.17) is 16.3 Å². The molecule has 3 nitrogen and oxygen atoms in total. The van der Waals surface area contributed by atoms with Crippen LogP contribution in [-0.2, 0) is 4.79 Å². The Kier molecular flexibility index (Phi) is 4.96. The molecule has 0 saturated carbocycles. The molecule has 1 N–H and O–H groups in total. The van der Waals surface area contributed by atoms with Crippen LogP contribution in [0.25, 0.3) is 0 Å². The van der Waals surface area contributed by atoms with Crippen molar-refractivity contribution < 1.29 is 9.53 Å². The average molecular weight is 260 g/mol. The molecule has 5 heteroatoms. The Morgan fingerprint density at radius 3 is 2.81 bits per heavy atom. The van der Waals surface area contributed by atoms with Crippen LogP contribution in [-0.4, -0.2) is 18.8 Å². The van der Waals surface area contributed by atoms with Crippen LogP contribution in [0.1, 0.15) is 12.0 Å². The van der Waals surface area contributed by atoms with Crippen LogP contribution in [0.3, 0.4) is 0 Å². The lowest BCUT2D eigenvalue weighted by atomic mass is 10.2. The van der Waals surface area contributed by atoms with Gasteiger partial charge in [0.25, 0.3) is 0 Å². The number of benzene rings is 1. The molecule has 0 saturated heterocycles. The van der Waals surface area contributed by atoms with E-state index in [1.807, 2.05) is 6.92 Å². The molecule has 0 radical (unpaired) electrons. The van der Waals surface area contributed by atoms with Crippen molar-refractivity contribution in [3.8, 4) is 5.75 Å². The van der Waals surface area contributed by atoms with Gasteiger partial charge in [-0.15, -0.1) is 0 Å². The van der Waals surface area contributed by atoms with E-state index in [9.17, 15) is 4.79 Å². The number of ether oxygens (including phenoxy) is 1. The third-order valence-electron chi connectivity index (χ3n) is 2.09. The molecule has 0 aliphatic heterocycles. The second kappa shape index (κ2) is 6.01. The van der Waals surface area contributed by atoms with Crippen molar-refractivity contribution in [2.45, 2.75) is 13.3 Å². The second-order valence-corrected chi connectivity index (χ2v) is 4.18. The summed E-state index contributed by atoms with van der Waals surface area (Å²) in [6.45, 7) is 1.88. The molecule has 0 spiro atoms. The van der Waals surface area contributed by atoms with E-state index >= 15 is 0 Å². The molecular formula is C11H14ClNO2S. The largest absolute Gasteiger partial charge is 0.495 e. The van der Waals surface area contributed by atoms with E-state index in [-0.39, 0.29) is 5.91 Å². The molecular weight excluding hydrogens is 246 g/mol. The fraction of sp³-hybridized carbons (Fsp3) is 0.364. The highest BCUT2D eigenvalue weighted by molar-refractivity contribution is 7.80. The topological polar surface area (TPSA) is 38.3 Å². The lowest BCUT2D eigenvalue weighted by Crippen LogP contribution is -2.12. The molecule has 88 valence electrons. The highest BCUT2D eigenvalue weighted by Gasteiger charge is 2.09. The van der Waals surface area contributed by atoms with Gasteiger partial charge in [0, 0.05) is 11.4 Å². The Labute approximate surface area is 106 Å². The van der Waals surface area contributed by atoms with E-state index in [0.29, 0.717) is 28.6 Å². The number of thiol groups is 1. The highest BCUT2D eigenvalue weighted by Crippen LogP contribution is 2.30. The summed E-state index contributed by atoms with van der Waals surface area (Å²) in [5.41, 5.74) is 1.50. The number of halogens is 1. The first-order valence-corrected chi connectivity index (χ1v) is 5.84. The van der Waals surface area contributed by atoms with Crippen LogP contribution in [0.15, 0.2) is 12.1 Å². The Balaban J connectivity index is 2.94. The van der Waals surface area contributed by atoms with Crippen molar-refractivity contribution in [3.63, 3.8) is 0 Å². The van der Waals surface area contributed by atoms with Gasteiger partial charge in [-0.1, -0.05) is 11.6 Å². The summed E-state index contributed by atoms with van der Waals surface area (Å²) in [5.74, 6) is 1.01. The second-order valence-electron chi connectivity index (χ2n) is 3.32. The predicted molar refractivity (Wildman–Crippen MR) is 69.8 cm³/mol. The summed E-state index contributed by atoms with van der Waals surface area (Å²) in [4.78, 5) is 11.4. The Hall–Kier alpha value is -0.870. The highest BCUT2D eigenvalue weighted by atomic mass is 35.5. The number of methoxy groups -OCH3 is 1. The monoisotopic (exact) mass is 259 g/mol. The van der Waals surface area contributed by atoms with Crippen molar-refractivity contribution in [1.82, 2.24) is 0 Å². The predicted octanol–water partition coefficient (Wildman–Crippen LogP) is 2.92. The van der Waals surface area contributed by atoms with Crippen molar-refractivity contribution in [1.29, 1.82) is 0 Å². The van der Waals surface area contributed by atoms with Gasteiger partial charge < -0.3 is 10.1 Å². The number of anilines is 1. The summed E-state index contributed by atoms with van der Waals surface area (Å²) in [7, 11) is 1.55. The van der Waals surface area contributed by atoms with Gasteiger partial charge in [-0.05, 0) is 30.4 Å². The Bertz CT molecular complexity index is 396. The van der Waals surface area contributed by atoms with Gasteiger partial charge in [-0.2, -0.15) is 12.6 Å². The molecule has 1 aromatic rings. The molecule has 1 amide bonds. The van der Waals surface area contributed by atoms with Gasteiger partial charge in [0.05, 0.1) is 12.8 Å². The minimum Gasteiger partial charge on any atom is -0.495 e. The van der Waals surface area contributed by atoms with Gasteiger partial charge in [0.15, 0.2) is 0 Å². The van der Waals surface area contributed by atoms with Gasteiger partial charge >= 0.3 is 0 Å². The maximum Gasteiger partial charge on any atom is 0.225 e. The summed E-state index contributed by atoms with van der Waals surface area (Å²) in [6.07, 6.45) is 0.359. The molecule has 0 aromatic heterocycles. The summed E-state index contributed by atoms with van der Waals surface area (Å²) >= 11 is 9.97. The number of aryl methyl sites for hydroxylation is 1. The van der Waals surface area contributed by atoms with E-state index in [2.05, 4.69) is 17.9 Å². The lowest BCUT2D eigenvalue weighted by molar-refractivity contribution is -0.115. The van der Waals surface area contributed by atoms with E-state index in [0.717, 1.165) is 5.56 Å². The first-order chi connectivity index (χ1) is 7.58. The minimum absolute atomic E-state index is 0.104. The maximum atomic E-state index is 11.4. The number of carbonyl (C=O) groups is 1. The summed E-state index contributed by atoms with van der Waals surface area (Å²) < 4.78 is 5.17. The first kappa shape index (κ1) is 13.2. The number of amides is 1. The SMILES string of the molecule is COc1cc(C)c(Cl)cc1NC(=O)CCS. The van der Waals surface area contributed by atoms with Crippen LogP contribution >= 0.6 is 24.2 Å². The number of carbonyl (C=O) groups excluding carboxylic acids is 1. The molecule has 0 aliphatic rings. The number of rotatable bonds is 4. The summed E-state index contributed by atoms with van der Waals surface area (Å²) in [5, 5.41) is 3.33. The number of hydrogen-bond donors (Lipinski definition) is 2. The van der Waals surface area contributed by atoms with Gasteiger partial charge in [0.1, 0.15) is 5.75 Å². The Morgan fingerprint density at radius 2 is 2.25 bits per heavy atom. The Morgan fingerprint density at radius 1 is 1.56 bits per heavy atom. The molecule has 16 heavy (non-hydrogen) atoms. The number of nitrogens with one attached hydrogen (secondary N) is 1. The minimum atomic E-state index is -0.104. The zero-order valence-electron chi connectivity index (χ0n) is 9.21. The quantitative estimate of drug-likeness (QED) is 0.816. The molecule has 0 aliphatic carbocycles. The zero-order valence-corrected chi connectivity index (χ0v) is 10.9. The van der Waals surface area contributed by atoms with Crippen LogP contribution < -0.4 is 10.1 Å². The maximum absolute atomic E-state index is 11.4. The first-order valence-electron chi connectivity index (χ1n) is 4.83. The van der Waals surface area contributed by atoms with Crippen molar-refractivity contribution in [3.05, 3.63) is 22.7 Å². The average Bonchev–Trinajstić information content (AvgIpc) is 2.23. The van der Waals surface area contributed by atoms with Crippen molar-refractivity contribution >= 4 is 35.8 Å². The van der Waals surface area contributed by atoms with Crippen LogP contribution in [0, 0.1) is 6.92 Å². The zero-order chi connectivity index (χ0) is 12.1. The third-order valence-corrected chi connectivity index (χ3v) is 2.72. The van der Waals surface area contributed by atoms with Crippen molar-refractivity contribution in [2.24, 2.45) is 0 Å². The van der Waals surface area contributed by atoms with Gasteiger partial charge in [-0.3, -0.25) is 4.79 Å². The van der Waals surface area contributed by atoms with Crippen molar-refractivity contribution in [2.75, 3.05) is 18.2 Å². The number of hydrogen-bond acceptors (Lipinski definition) is 3. The summed E-state index contributed by atoms with van der Waals surface area (Å²) in [6, 6.07) is 3.48. The molecule has 1 rings (SSSR count). The van der Waals surface area contributed by atoms with Gasteiger partial charge in [0.2, 0.25) is 5.91 Å². The van der Waals surface area contributed by atoms with Crippen LogP contribution in [0.5, 0.6) is 5.75 Å². The normalized spacial score (nSPS) is 10.0. The third kappa shape index (κ3) is 3.32.